The van der Waals surface area contributed by atoms with E-state index in [2.05, 4.69) is 0 Å². The van der Waals surface area contributed by atoms with Gasteiger partial charge < -0.3 is 14.9 Å². The summed E-state index contributed by atoms with van der Waals surface area (Å²) in [6, 6.07) is 11.0. The monoisotopic (exact) mass is 262 g/mol. The molecule has 2 aromatic rings. The second-order valence-corrected chi connectivity index (χ2v) is 4.31. The average molecular weight is 262 g/mol. The number of aromatic hydroxyl groups is 1. The van der Waals surface area contributed by atoms with Crippen LogP contribution in [0.15, 0.2) is 42.5 Å². The van der Waals surface area contributed by atoms with Gasteiger partial charge in [0.2, 0.25) is 0 Å². The van der Waals surface area contributed by atoms with Gasteiger partial charge in [0.25, 0.3) is 0 Å². The number of hydrogen-bond acceptors (Lipinski definition) is 3. The molecule has 0 bridgehead atoms. The van der Waals surface area contributed by atoms with Gasteiger partial charge in [-0.25, -0.2) is 4.39 Å². The van der Waals surface area contributed by atoms with Crippen molar-refractivity contribution in [3.63, 3.8) is 0 Å². The Morgan fingerprint density at radius 2 is 1.84 bits per heavy atom. The normalized spacial score (nSPS) is 12.2. The van der Waals surface area contributed by atoms with Crippen LogP contribution in [-0.4, -0.2) is 10.2 Å². The Balaban J connectivity index is 2.04. The van der Waals surface area contributed by atoms with Crippen LogP contribution in [0, 0.1) is 5.82 Å². The molecule has 0 aliphatic carbocycles. The summed E-state index contributed by atoms with van der Waals surface area (Å²) in [6.45, 7) is 1.79. The zero-order valence-corrected chi connectivity index (χ0v) is 10.5. The molecule has 2 aromatic carbocycles. The molecule has 0 unspecified atom stereocenters. The number of ether oxygens (including phenoxy) is 1. The first-order valence-electron chi connectivity index (χ1n) is 5.94. The largest absolute Gasteiger partial charge is 0.508 e. The van der Waals surface area contributed by atoms with Crippen LogP contribution in [0.5, 0.6) is 11.5 Å². The van der Waals surface area contributed by atoms with E-state index in [-0.39, 0.29) is 17.9 Å². The average Bonchev–Trinajstić information content (AvgIpc) is 2.37. The van der Waals surface area contributed by atoms with E-state index in [1.165, 1.54) is 19.1 Å². The van der Waals surface area contributed by atoms with E-state index in [0.717, 1.165) is 5.56 Å². The molecular weight excluding hydrogens is 247 g/mol. The molecular formula is C15H15FO3. The van der Waals surface area contributed by atoms with Crippen LogP contribution in [0.3, 0.4) is 0 Å². The molecule has 0 saturated carbocycles. The minimum absolute atomic E-state index is 0.191. The van der Waals surface area contributed by atoms with Gasteiger partial charge in [-0.2, -0.15) is 0 Å². The van der Waals surface area contributed by atoms with E-state index in [1.54, 1.807) is 30.3 Å². The number of rotatable bonds is 4. The summed E-state index contributed by atoms with van der Waals surface area (Å²) < 4.78 is 19.1. The molecule has 4 heteroatoms. The number of aliphatic hydroxyl groups is 1. The highest BCUT2D eigenvalue weighted by molar-refractivity contribution is 5.31. The summed E-state index contributed by atoms with van der Waals surface area (Å²) in [5, 5.41) is 18.5. The first-order valence-corrected chi connectivity index (χ1v) is 5.94. The number of phenols is 1. The maximum atomic E-state index is 13.6. The Kier molecular flexibility index (Phi) is 4.02. The van der Waals surface area contributed by atoms with Crippen LogP contribution >= 0.6 is 0 Å². The molecule has 0 amide bonds. The van der Waals surface area contributed by atoms with Crippen molar-refractivity contribution in [1.82, 2.24) is 0 Å². The fourth-order valence-electron chi connectivity index (χ4n) is 1.70. The quantitative estimate of drug-likeness (QED) is 0.889. The Morgan fingerprint density at radius 3 is 2.42 bits per heavy atom. The van der Waals surface area contributed by atoms with Gasteiger partial charge in [0.15, 0.2) is 0 Å². The Labute approximate surface area is 110 Å². The second kappa shape index (κ2) is 5.71. The maximum Gasteiger partial charge on any atom is 0.132 e. The van der Waals surface area contributed by atoms with Crippen LogP contribution in [0.2, 0.25) is 0 Å². The van der Waals surface area contributed by atoms with Crippen molar-refractivity contribution >= 4 is 0 Å². The molecule has 100 valence electrons. The molecule has 3 nitrogen and oxygen atoms in total. The van der Waals surface area contributed by atoms with Gasteiger partial charge in [0, 0.05) is 11.6 Å². The Bertz CT molecular complexity index is 550. The van der Waals surface area contributed by atoms with Gasteiger partial charge in [-0.05, 0) is 36.8 Å². The fourth-order valence-corrected chi connectivity index (χ4v) is 1.70. The third-order valence-corrected chi connectivity index (χ3v) is 2.76. The third-order valence-electron chi connectivity index (χ3n) is 2.76. The van der Waals surface area contributed by atoms with E-state index in [1.807, 2.05) is 0 Å². The predicted octanol–water partition coefficient (Wildman–Crippen LogP) is 3.16. The van der Waals surface area contributed by atoms with Crippen LogP contribution < -0.4 is 4.74 Å². The van der Waals surface area contributed by atoms with Crippen molar-refractivity contribution in [3.8, 4) is 11.5 Å². The molecule has 0 fully saturated rings. The fraction of sp³-hybridized carbons (Fsp3) is 0.200. The Morgan fingerprint density at radius 1 is 1.16 bits per heavy atom. The van der Waals surface area contributed by atoms with Gasteiger partial charge in [-0.1, -0.05) is 12.1 Å². The van der Waals surface area contributed by atoms with Crippen molar-refractivity contribution in [2.45, 2.75) is 19.6 Å². The third kappa shape index (κ3) is 3.45. The lowest BCUT2D eigenvalue weighted by atomic mass is 10.1. The highest BCUT2D eigenvalue weighted by atomic mass is 19.1. The van der Waals surface area contributed by atoms with E-state index in [0.29, 0.717) is 5.75 Å². The van der Waals surface area contributed by atoms with Gasteiger partial charge in [-0.15, -0.1) is 0 Å². The smallest absolute Gasteiger partial charge is 0.132 e. The standard InChI is InChI=1S/C15H15FO3/c1-10(17)14-7-6-13(8-15(14)16)19-9-11-2-4-12(18)5-3-11/h2-8,10,17-18H,9H2,1H3/t10-/m1/s1. The molecule has 1 atom stereocenters. The van der Waals surface area contributed by atoms with E-state index < -0.39 is 11.9 Å². The number of aliphatic hydroxyl groups excluding tert-OH is 1. The van der Waals surface area contributed by atoms with Gasteiger partial charge >= 0.3 is 0 Å². The van der Waals surface area contributed by atoms with Crippen molar-refractivity contribution in [3.05, 3.63) is 59.4 Å². The zero-order valence-electron chi connectivity index (χ0n) is 10.5. The molecule has 19 heavy (non-hydrogen) atoms. The number of phenolic OH excluding ortho intramolecular Hbond substituents is 1. The minimum atomic E-state index is -0.842. The lowest BCUT2D eigenvalue weighted by Gasteiger charge is -2.10. The number of benzene rings is 2. The molecule has 0 aromatic heterocycles. The van der Waals surface area contributed by atoms with Gasteiger partial charge in [-0.3, -0.25) is 0 Å². The summed E-state index contributed by atoms with van der Waals surface area (Å²) in [6.07, 6.45) is -0.842. The number of halogens is 1. The molecule has 2 N–H and O–H groups in total. The summed E-state index contributed by atoms with van der Waals surface area (Å²) in [4.78, 5) is 0. The van der Waals surface area contributed by atoms with E-state index >= 15 is 0 Å². The zero-order chi connectivity index (χ0) is 13.8. The summed E-state index contributed by atoms with van der Waals surface area (Å²) in [5.74, 6) is 0.101. The highest BCUT2D eigenvalue weighted by Crippen LogP contribution is 2.22. The highest BCUT2D eigenvalue weighted by Gasteiger charge is 2.09. The molecule has 0 spiro atoms. The molecule has 2 rings (SSSR count). The summed E-state index contributed by atoms with van der Waals surface area (Å²) in [7, 11) is 0. The number of hydrogen-bond donors (Lipinski definition) is 2. The molecule has 0 heterocycles. The van der Waals surface area contributed by atoms with Crippen molar-refractivity contribution in [2.24, 2.45) is 0 Å². The van der Waals surface area contributed by atoms with Crippen LogP contribution in [0.1, 0.15) is 24.2 Å². The van der Waals surface area contributed by atoms with Gasteiger partial charge in [0.1, 0.15) is 23.9 Å². The lowest BCUT2D eigenvalue weighted by Crippen LogP contribution is -1.99. The minimum Gasteiger partial charge on any atom is -0.508 e. The van der Waals surface area contributed by atoms with Crippen molar-refractivity contribution in [1.29, 1.82) is 0 Å². The predicted molar refractivity (Wildman–Crippen MR) is 69.5 cm³/mol. The summed E-state index contributed by atoms with van der Waals surface area (Å²) >= 11 is 0. The topological polar surface area (TPSA) is 49.7 Å². The lowest BCUT2D eigenvalue weighted by molar-refractivity contribution is 0.194. The van der Waals surface area contributed by atoms with E-state index in [4.69, 9.17) is 9.84 Å². The molecule has 0 aliphatic rings. The molecule has 0 saturated heterocycles. The van der Waals surface area contributed by atoms with E-state index in [9.17, 15) is 9.50 Å². The van der Waals surface area contributed by atoms with Crippen molar-refractivity contribution < 1.29 is 19.3 Å². The maximum absolute atomic E-state index is 13.6. The summed E-state index contributed by atoms with van der Waals surface area (Å²) in [5.41, 5.74) is 1.12. The molecule has 0 radical (unpaired) electrons. The van der Waals surface area contributed by atoms with Crippen LogP contribution in [-0.2, 0) is 6.61 Å². The van der Waals surface area contributed by atoms with Crippen molar-refractivity contribution in [2.75, 3.05) is 0 Å². The molecule has 0 aliphatic heterocycles. The second-order valence-electron chi connectivity index (χ2n) is 4.31. The van der Waals surface area contributed by atoms with Crippen LogP contribution in [0.25, 0.3) is 0 Å². The Hall–Kier alpha value is -2.07. The SMILES string of the molecule is C[C@@H](O)c1ccc(OCc2ccc(O)cc2)cc1F. The first kappa shape index (κ1) is 13.4. The first-order chi connectivity index (χ1) is 9.06. The van der Waals surface area contributed by atoms with Crippen LogP contribution in [0.4, 0.5) is 4.39 Å². The van der Waals surface area contributed by atoms with Gasteiger partial charge in [0.05, 0.1) is 6.10 Å².